The van der Waals surface area contributed by atoms with Crippen LogP contribution in [-0.2, 0) is 6.54 Å². The van der Waals surface area contributed by atoms with Crippen molar-refractivity contribution in [2.75, 3.05) is 33.2 Å². The van der Waals surface area contributed by atoms with Crippen LogP contribution in [-0.4, -0.2) is 43.0 Å². The van der Waals surface area contributed by atoms with Gasteiger partial charge in [-0.15, -0.1) is 0 Å². The number of hydrogen-bond acceptors (Lipinski definition) is 5. The average Bonchev–Trinajstić information content (AvgIpc) is 2.91. The van der Waals surface area contributed by atoms with Crippen LogP contribution in [0.15, 0.2) is 47.6 Å². The van der Waals surface area contributed by atoms with Crippen molar-refractivity contribution in [2.45, 2.75) is 25.9 Å². The highest BCUT2D eigenvalue weighted by molar-refractivity contribution is 5.71. The van der Waals surface area contributed by atoms with Crippen LogP contribution >= 0.6 is 0 Å². The lowest BCUT2D eigenvalue weighted by atomic mass is 9.96. The van der Waals surface area contributed by atoms with Crippen LogP contribution in [0, 0.1) is 16.9 Å². The minimum atomic E-state index is -0.135. The lowest BCUT2D eigenvalue weighted by Crippen LogP contribution is -2.28. The van der Waals surface area contributed by atoms with Gasteiger partial charge >= 0.3 is 0 Å². The molecule has 0 saturated carbocycles. The first-order valence-electron chi connectivity index (χ1n) is 9.51. The van der Waals surface area contributed by atoms with Crippen LogP contribution in [0.4, 0.5) is 0 Å². The van der Waals surface area contributed by atoms with Crippen molar-refractivity contribution in [3.63, 3.8) is 0 Å². The highest BCUT2D eigenvalue weighted by Crippen LogP contribution is 2.27. The first-order valence-corrected chi connectivity index (χ1v) is 9.51. The summed E-state index contributed by atoms with van der Waals surface area (Å²) in [6.45, 7) is 7.22. The summed E-state index contributed by atoms with van der Waals surface area (Å²) in [7, 11) is 2.18. The first kappa shape index (κ1) is 19.2. The zero-order valence-electron chi connectivity index (χ0n) is 16.2. The minimum Gasteiger partial charge on any atom is -0.305 e. The topological polar surface area (TPSA) is 66.5 Å². The van der Waals surface area contributed by atoms with Gasteiger partial charge in [-0.1, -0.05) is 36.4 Å². The molecule has 1 aliphatic heterocycles. The third-order valence-corrected chi connectivity index (χ3v) is 5.32. The molecule has 3 rings (SSSR count). The summed E-state index contributed by atoms with van der Waals surface area (Å²) < 4.78 is 0. The summed E-state index contributed by atoms with van der Waals surface area (Å²) in [6, 6.07) is 16.5. The number of nitrogens with one attached hydrogen (secondary N) is 1. The molecule has 5 nitrogen and oxygen atoms in total. The molecular formula is C22H27N5. The van der Waals surface area contributed by atoms with Crippen LogP contribution in [0.3, 0.4) is 0 Å². The van der Waals surface area contributed by atoms with Crippen molar-refractivity contribution < 1.29 is 0 Å². The second-order valence-corrected chi connectivity index (χ2v) is 7.35. The predicted molar refractivity (Wildman–Crippen MR) is 108 cm³/mol. The van der Waals surface area contributed by atoms with E-state index in [0.717, 1.165) is 49.4 Å². The highest BCUT2D eigenvalue weighted by atomic mass is 15.2. The highest BCUT2D eigenvalue weighted by Gasteiger charge is 2.14. The normalized spacial score (nSPS) is 17.1. The Morgan fingerprint density at radius 2 is 1.89 bits per heavy atom. The van der Waals surface area contributed by atoms with E-state index >= 15 is 0 Å². The van der Waals surface area contributed by atoms with Gasteiger partial charge in [0.15, 0.2) is 0 Å². The lowest BCUT2D eigenvalue weighted by molar-refractivity contribution is 0.269. The molecule has 2 aromatic carbocycles. The van der Waals surface area contributed by atoms with Crippen molar-refractivity contribution in [1.29, 1.82) is 10.8 Å². The van der Waals surface area contributed by atoms with E-state index < -0.39 is 0 Å². The summed E-state index contributed by atoms with van der Waals surface area (Å²) in [5.74, 6) is 0. The minimum absolute atomic E-state index is 0.135. The third kappa shape index (κ3) is 4.79. The second-order valence-electron chi connectivity index (χ2n) is 7.35. The number of likely N-dealkylation sites (N-methyl/N-ethyl adjacent to an activating group) is 1. The molecule has 0 spiro atoms. The third-order valence-electron chi connectivity index (χ3n) is 5.32. The second kappa shape index (κ2) is 8.90. The molecule has 0 amide bonds. The molecule has 0 aromatic heterocycles. The van der Waals surface area contributed by atoms with E-state index in [2.05, 4.69) is 40.2 Å². The Labute approximate surface area is 161 Å². The monoisotopic (exact) mass is 361 g/mol. The molecule has 1 N–H and O–H groups in total. The maximum absolute atomic E-state index is 9.66. The van der Waals surface area contributed by atoms with Gasteiger partial charge in [0, 0.05) is 19.6 Å². The lowest BCUT2D eigenvalue weighted by Gasteiger charge is -2.20. The maximum Gasteiger partial charge on any atom is 0.0998 e. The zero-order valence-corrected chi connectivity index (χ0v) is 16.2. The molecule has 27 heavy (non-hydrogen) atoms. The Balaban J connectivity index is 1.78. The van der Waals surface area contributed by atoms with Gasteiger partial charge in [-0.05, 0) is 61.8 Å². The molecule has 0 radical (unpaired) electrons. The van der Waals surface area contributed by atoms with Crippen LogP contribution in [0.25, 0.3) is 11.1 Å². The van der Waals surface area contributed by atoms with Crippen molar-refractivity contribution in [1.82, 2.24) is 9.80 Å². The zero-order chi connectivity index (χ0) is 19.2. The molecule has 1 unspecified atom stereocenters. The molecule has 0 bridgehead atoms. The number of nitrogens with zero attached hydrogens (tertiary/aromatic N) is 4. The van der Waals surface area contributed by atoms with E-state index in [4.69, 9.17) is 5.53 Å². The number of rotatable bonds is 5. The molecule has 1 atom stereocenters. The van der Waals surface area contributed by atoms with Gasteiger partial charge in [0.25, 0.3) is 0 Å². The van der Waals surface area contributed by atoms with Gasteiger partial charge in [0.1, 0.15) is 0 Å². The Bertz CT molecular complexity index is 822. The Morgan fingerprint density at radius 1 is 1.11 bits per heavy atom. The molecule has 1 aliphatic rings. The number of nitriles is 1. The molecule has 2 aromatic rings. The summed E-state index contributed by atoms with van der Waals surface area (Å²) in [4.78, 5) is 4.85. The van der Waals surface area contributed by atoms with Crippen molar-refractivity contribution in [3.8, 4) is 17.2 Å². The summed E-state index contributed by atoms with van der Waals surface area (Å²) in [5.41, 5.74) is 12.1. The van der Waals surface area contributed by atoms with Crippen molar-refractivity contribution in [2.24, 2.45) is 5.11 Å². The molecule has 5 heteroatoms. The fourth-order valence-electron chi connectivity index (χ4n) is 3.57. The maximum atomic E-state index is 9.66. The quantitative estimate of drug-likeness (QED) is 0.800. The number of benzene rings is 2. The molecule has 1 saturated heterocycles. The van der Waals surface area contributed by atoms with Gasteiger partial charge < -0.3 is 4.90 Å². The summed E-state index contributed by atoms with van der Waals surface area (Å²) >= 11 is 0. The number of hydrogen-bond donors (Lipinski definition) is 1. The Hall–Kier alpha value is -2.55. The van der Waals surface area contributed by atoms with E-state index in [1.165, 1.54) is 12.0 Å². The van der Waals surface area contributed by atoms with Gasteiger partial charge in [-0.2, -0.15) is 10.4 Å². The largest absolute Gasteiger partial charge is 0.305 e. The van der Waals surface area contributed by atoms with Gasteiger partial charge in [-0.25, -0.2) is 5.53 Å². The van der Waals surface area contributed by atoms with E-state index in [1.54, 1.807) is 0 Å². The molecule has 0 aliphatic carbocycles. The SMILES string of the molecule is CC(N=N)c1ccc(-c2ccc(CN3CCCN(C)CC3)cc2C#N)cc1. The van der Waals surface area contributed by atoms with Crippen molar-refractivity contribution >= 4 is 0 Å². The van der Waals surface area contributed by atoms with Crippen LogP contribution in [0.5, 0.6) is 0 Å². The average molecular weight is 361 g/mol. The smallest absolute Gasteiger partial charge is 0.0998 e. The molecular weight excluding hydrogens is 334 g/mol. The van der Waals surface area contributed by atoms with Gasteiger partial charge in [0.2, 0.25) is 0 Å². The molecule has 1 heterocycles. The Morgan fingerprint density at radius 3 is 2.59 bits per heavy atom. The first-order chi connectivity index (χ1) is 13.1. The van der Waals surface area contributed by atoms with Gasteiger partial charge in [-0.3, -0.25) is 4.90 Å². The van der Waals surface area contributed by atoms with E-state index in [9.17, 15) is 5.26 Å². The fourth-order valence-corrected chi connectivity index (χ4v) is 3.57. The molecule has 140 valence electrons. The van der Waals surface area contributed by atoms with Crippen LogP contribution in [0.2, 0.25) is 0 Å². The predicted octanol–water partition coefficient (Wildman–Crippen LogP) is 4.45. The fraction of sp³-hybridized carbons (Fsp3) is 0.409. The summed E-state index contributed by atoms with van der Waals surface area (Å²) in [5, 5.41) is 13.2. The molecule has 1 fully saturated rings. The van der Waals surface area contributed by atoms with Crippen LogP contribution in [0.1, 0.15) is 36.1 Å². The van der Waals surface area contributed by atoms with Gasteiger partial charge in [0.05, 0.1) is 17.7 Å². The van der Waals surface area contributed by atoms with Crippen molar-refractivity contribution in [3.05, 3.63) is 59.2 Å². The van der Waals surface area contributed by atoms with Crippen LogP contribution < -0.4 is 0 Å². The standard InChI is InChI=1S/C22H27N5/c1-17(25-24)19-5-7-20(8-6-19)22-9-4-18(14-21(22)15-23)16-27-11-3-10-26(2)12-13-27/h4-9,14,17,24H,3,10-13,16H2,1-2H3. The Kier molecular flexibility index (Phi) is 6.33. The van der Waals surface area contributed by atoms with E-state index in [0.29, 0.717) is 5.56 Å². The van der Waals surface area contributed by atoms with E-state index in [1.807, 2.05) is 37.3 Å². The summed E-state index contributed by atoms with van der Waals surface area (Å²) in [6.07, 6.45) is 1.19. The van der Waals surface area contributed by atoms with E-state index in [-0.39, 0.29) is 6.04 Å².